The molecule has 2 rings (SSSR count). The topological polar surface area (TPSA) is 56.0 Å². The van der Waals surface area contributed by atoms with Gasteiger partial charge in [-0.1, -0.05) is 18.2 Å². The van der Waals surface area contributed by atoms with Crippen molar-refractivity contribution in [2.75, 3.05) is 0 Å². The minimum Gasteiger partial charge on any atom is -0.369 e. The predicted molar refractivity (Wildman–Crippen MR) is 54.6 cm³/mol. The zero-order chi connectivity index (χ0) is 9.97. The molecule has 0 aliphatic heterocycles. The molecule has 0 unspecified atom stereocenters. The van der Waals surface area contributed by atoms with Crippen LogP contribution in [0.3, 0.4) is 0 Å². The lowest BCUT2D eigenvalue weighted by molar-refractivity contribution is -0.117. The van der Waals surface area contributed by atoms with Gasteiger partial charge in [0.15, 0.2) is 0 Å². The van der Waals surface area contributed by atoms with E-state index in [9.17, 15) is 4.79 Å². The number of hydrogen-bond donors (Lipinski definition) is 1. The highest BCUT2D eigenvalue weighted by molar-refractivity contribution is 5.87. The minimum absolute atomic E-state index is 0.267. The maximum Gasteiger partial charge on any atom is 0.221 e. The van der Waals surface area contributed by atoms with E-state index in [4.69, 9.17) is 5.73 Å². The first-order chi connectivity index (χ1) is 6.77. The van der Waals surface area contributed by atoms with Gasteiger partial charge in [0.2, 0.25) is 5.91 Å². The van der Waals surface area contributed by atoms with Crippen LogP contribution in [0.25, 0.3) is 10.9 Å². The number of pyridine rings is 1. The summed E-state index contributed by atoms with van der Waals surface area (Å²) in [7, 11) is 0. The summed E-state index contributed by atoms with van der Waals surface area (Å²) in [5.41, 5.74) is 6.98. The Morgan fingerprint density at radius 2 is 2.14 bits per heavy atom. The molecule has 70 valence electrons. The smallest absolute Gasteiger partial charge is 0.221 e. The monoisotopic (exact) mass is 186 g/mol. The van der Waals surface area contributed by atoms with Crippen LogP contribution >= 0.6 is 0 Å². The second-order valence-electron chi connectivity index (χ2n) is 3.13. The van der Waals surface area contributed by atoms with Crippen molar-refractivity contribution >= 4 is 16.8 Å². The average molecular weight is 186 g/mol. The number of amides is 1. The normalized spacial score (nSPS) is 10.3. The quantitative estimate of drug-likeness (QED) is 0.767. The summed E-state index contributed by atoms with van der Waals surface area (Å²) in [6, 6.07) is 9.50. The molecule has 3 heteroatoms. The molecule has 0 aliphatic carbocycles. The van der Waals surface area contributed by atoms with E-state index in [-0.39, 0.29) is 12.3 Å². The molecule has 1 heterocycles. The molecule has 2 N–H and O–H groups in total. The van der Waals surface area contributed by atoms with Crippen molar-refractivity contribution in [2.45, 2.75) is 6.42 Å². The van der Waals surface area contributed by atoms with E-state index in [1.165, 1.54) is 0 Å². The third-order valence-corrected chi connectivity index (χ3v) is 2.10. The van der Waals surface area contributed by atoms with Gasteiger partial charge in [0.25, 0.3) is 0 Å². The largest absolute Gasteiger partial charge is 0.369 e. The van der Waals surface area contributed by atoms with Crippen molar-refractivity contribution < 1.29 is 4.79 Å². The van der Waals surface area contributed by atoms with E-state index in [1.807, 2.05) is 30.3 Å². The summed E-state index contributed by atoms with van der Waals surface area (Å²) in [6.45, 7) is 0. The Bertz CT molecular complexity index is 474. The average Bonchev–Trinajstić information content (AvgIpc) is 2.18. The molecule has 2 aromatic rings. The first-order valence-electron chi connectivity index (χ1n) is 4.38. The molecule has 0 radical (unpaired) electrons. The molecule has 1 amide bonds. The number of carbonyl (C=O) groups is 1. The number of nitrogens with zero attached hydrogens (tertiary/aromatic N) is 1. The maximum atomic E-state index is 10.8. The summed E-state index contributed by atoms with van der Waals surface area (Å²) >= 11 is 0. The first-order valence-corrected chi connectivity index (χ1v) is 4.38. The third-order valence-electron chi connectivity index (χ3n) is 2.10. The van der Waals surface area contributed by atoms with Crippen LogP contribution in [0.5, 0.6) is 0 Å². The molecule has 1 aromatic carbocycles. The first kappa shape index (κ1) is 8.69. The van der Waals surface area contributed by atoms with E-state index in [2.05, 4.69) is 4.98 Å². The van der Waals surface area contributed by atoms with E-state index in [0.717, 1.165) is 16.5 Å². The Balaban J connectivity index is 2.59. The lowest BCUT2D eigenvalue weighted by atomic mass is 10.1. The van der Waals surface area contributed by atoms with Gasteiger partial charge >= 0.3 is 0 Å². The van der Waals surface area contributed by atoms with Gasteiger partial charge in [-0.15, -0.1) is 0 Å². The van der Waals surface area contributed by atoms with Gasteiger partial charge in [0.1, 0.15) is 0 Å². The van der Waals surface area contributed by atoms with Gasteiger partial charge in [-0.05, 0) is 17.7 Å². The number of primary amides is 1. The fraction of sp³-hybridized carbons (Fsp3) is 0.0909. The second-order valence-corrected chi connectivity index (χ2v) is 3.13. The second kappa shape index (κ2) is 3.46. The van der Waals surface area contributed by atoms with Gasteiger partial charge < -0.3 is 5.73 Å². The van der Waals surface area contributed by atoms with Gasteiger partial charge in [-0.25, -0.2) is 0 Å². The Morgan fingerprint density at radius 1 is 1.29 bits per heavy atom. The highest BCUT2D eigenvalue weighted by Crippen LogP contribution is 2.16. The lowest BCUT2D eigenvalue weighted by Crippen LogP contribution is -2.13. The number of benzene rings is 1. The molecule has 0 spiro atoms. The highest BCUT2D eigenvalue weighted by atomic mass is 16.1. The van der Waals surface area contributed by atoms with Crippen molar-refractivity contribution in [1.82, 2.24) is 4.98 Å². The van der Waals surface area contributed by atoms with Gasteiger partial charge in [-0.2, -0.15) is 0 Å². The fourth-order valence-electron chi connectivity index (χ4n) is 1.51. The number of hydrogen-bond acceptors (Lipinski definition) is 2. The maximum absolute atomic E-state index is 10.8. The number of rotatable bonds is 2. The molecular formula is C11H10N2O. The number of aromatic nitrogens is 1. The van der Waals surface area contributed by atoms with Gasteiger partial charge in [0, 0.05) is 11.6 Å². The van der Waals surface area contributed by atoms with Crippen LogP contribution in [0, 0.1) is 0 Å². The van der Waals surface area contributed by atoms with Crippen LogP contribution < -0.4 is 5.73 Å². The van der Waals surface area contributed by atoms with Gasteiger partial charge in [0.05, 0.1) is 11.9 Å². The molecular weight excluding hydrogens is 176 g/mol. The fourth-order valence-corrected chi connectivity index (χ4v) is 1.51. The Labute approximate surface area is 81.6 Å². The summed E-state index contributed by atoms with van der Waals surface area (Å²) in [4.78, 5) is 15.0. The van der Waals surface area contributed by atoms with Crippen molar-refractivity contribution in [2.24, 2.45) is 5.73 Å². The highest BCUT2D eigenvalue weighted by Gasteiger charge is 2.03. The SMILES string of the molecule is NC(=O)Cc1cccc2ncccc12. The number of carbonyl (C=O) groups excluding carboxylic acids is 1. The molecule has 3 nitrogen and oxygen atoms in total. The molecule has 0 bridgehead atoms. The number of fused-ring (bicyclic) bond motifs is 1. The number of nitrogens with two attached hydrogens (primary N) is 1. The van der Waals surface area contributed by atoms with Crippen molar-refractivity contribution in [1.29, 1.82) is 0 Å². The molecule has 0 atom stereocenters. The van der Waals surface area contributed by atoms with Crippen molar-refractivity contribution in [3.05, 3.63) is 42.1 Å². The van der Waals surface area contributed by atoms with Crippen LogP contribution in [0.4, 0.5) is 0 Å². The molecule has 0 fully saturated rings. The van der Waals surface area contributed by atoms with E-state index in [1.54, 1.807) is 6.20 Å². The van der Waals surface area contributed by atoms with Crippen LogP contribution in [-0.4, -0.2) is 10.9 Å². The summed E-state index contributed by atoms with van der Waals surface area (Å²) in [5.74, 6) is -0.318. The van der Waals surface area contributed by atoms with E-state index >= 15 is 0 Å². The molecule has 0 aliphatic rings. The summed E-state index contributed by atoms with van der Waals surface area (Å²) in [5, 5.41) is 0.994. The van der Waals surface area contributed by atoms with Crippen LogP contribution in [-0.2, 0) is 11.2 Å². The van der Waals surface area contributed by atoms with Crippen molar-refractivity contribution in [3.63, 3.8) is 0 Å². The standard InChI is InChI=1S/C11H10N2O/c12-11(14)7-8-3-1-5-10-9(8)4-2-6-13-10/h1-6H,7H2,(H2,12,14). The third kappa shape index (κ3) is 1.57. The summed E-state index contributed by atoms with van der Waals surface area (Å²) < 4.78 is 0. The molecule has 14 heavy (non-hydrogen) atoms. The Kier molecular flexibility index (Phi) is 2.14. The summed E-state index contributed by atoms with van der Waals surface area (Å²) in [6.07, 6.45) is 2.00. The predicted octanol–water partition coefficient (Wildman–Crippen LogP) is 1.26. The van der Waals surface area contributed by atoms with Gasteiger partial charge in [-0.3, -0.25) is 9.78 Å². The molecule has 1 aromatic heterocycles. The van der Waals surface area contributed by atoms with E-state index < -0.39 is 0 Å². The molecule has 0 saturated heterocycles. The lowest BCUT2D eigenvalue weighted by Gasteiger charge is -2.02. The minimum atomic E-state index is -0.318. The Hall–Kier alpha value is -1.90. The zero-order valence-electron chi connectivity index (χ0n) is 7.60. The Morgan fingerprint density at radius 3 is 2.93 bits per heavy atom. The molecule has 0 saturated carbocycles. The van der Waals surface area contributed by atoms with Crippen LogP contribution in [0.15, 0.2) is 36.5 Å². The van der Waals surface area contributed by atoms with Crippen LogP contribution in [0.1, 0.15) is 5.56 Å². The zero-order valence-corrected chi connectivity index (χ0v) is 7.60. The van der Waals surface area contributed by atoms with Crippen LogP contribution in [0.2, 0.25) is 0 Å². The van der Waals surface area contributed by atoms with E-state index in [0.29, 0.717) is 0 Å². The van der Waals surface area contributed by atoms with Crippen molar-refractivity contribution in [3.8, 4) is 0 Å².